The summed E-state index contributed by atoms with van der Waals surface area (Å²) in [7, 11) is -4.75. The summed E-state index contributed by atoms with van der Waals surface area (Å²) in [6.07, 6.45) is 3.00. The highest BCUT2D eigenvalue weighted by Gasteiger charge is 2.18. The minimum Gasteiger partial charge on any atom is -0.299 e. The molecule has 0 rings (SSSR count). The number of hydrogen-bond donors (Lipinski definition) is 1. The SMILES string of the molecule is CCCCC(C)COP(=O)(O)F. The predicted octanol–water partition coefficient (Wildman–Crippen LogP) is 2.90. The molecule has 2 unspecified atom stereocenters. The molecule has 0 aliphatic rings. The normalized spacial score (nSPS) is 18.7. The third-order valence-electron chi connectivity index (χ3n) is 1.57. The fraction of sp³-hybridized carbons (Fsp3) is 1.00. The first-order chi connectivity index (χ1) is 5.45. The minimum absolute atomic E-state index is 0.0181. The van der Waals surface area contributed by atoms with Gasteiger partial charge >= 0.3 is 7.91 Å². The molecular formula is C7H16FO3P. The van der Waals surface area contributed by atoms with Crippen LogP contribution in [0, 0.1) is 5.92 Å². The highest BCUT2D eigenvalue weighted by Crippen LogP contribution is 2.43. The quantitative estimate of drug-likeness (QED) is 0.667. The largest absolute Gasteiger partial charge is 0.510 e. The van der Waals surface area contributed by atoms with Gasteiger partial charge in [-0.15, -0.1) is 4.20 Å². The van der Waals surface area contributed by atoms with E-state index in [0.29, 0.717) is 0 Å². The molecular weight excluding hydrogens is 182 g/mol. The zero-order valence-corrected chi connectivity index (χ0v) is 8.39. The van der Waals surface area contributed by atoms with Crippen molar-refractivity contribution in [3.05, 3.63) is 0 Å². The van der Waals surface area contributed by atoms with Gasteiger partial charge in [-0.2, -0.15) is 0 Å². The summed E-state index contributed by atoms with van der Waals surface area (Å²) in [4.78, 5) is 8.16. The van der Waals surface area contributed by atoms with Crippen LogP contribution in [0.15, 0.2) is 0 Å². The van der Waals surface area contributed by atoms with Crippen molar-refractivity contribution in [2.75, 3.05) is 6.61 Å². The molecule has 0 aromatic heterocycles. The van der Waals surface area contributed by atoms with E-state index in [1.165, 1.54) is 0 Å². The molecule has 0 aliphatic heterocycles. The van der Waals surface area contributed by atoms with E-state index >= 15 is 0 Å². The molecule has 74 valence electrons. The van der Waals surface area contributed by atoms with Crippen molar-refractivity contribution in [2.45, 2.75) is 33.1 Å². The van der Waals surface area contributed by atoms with Gasteiger partial charge < -0.3 is 0 Å². The van der Waals surface area contributed by atoms with Crippen LogP contribution < -0.4 is 0 Å². The second-order valence-corrected chi connectivity index (χ2v) is 4.16. The number of unbranched alkanes of at least 4 members (excludes halogenated alkanes) is 1. The zero-order valence-electron chi connectivity index (χ0n) is 7.49. The van der Waals surface area contributed by atoms with Gasteiger partial charge in [0.15, 0.2) is 0 Å². The van der Waals surface area contributed by atoms with Crippen LogP contribution in [0.3, 0.4) is 0 Å². The Kier molecular flexibility index (Phi) is 5.72. The Bertz CT molecular complexity index is 157. The molecule has 3 nitrogen and oxygen atoms in total. The Morgan fingerprint density at radius 3 is 2.67 bits per heavy atom. The summed E-state index contributed by atoms with van der Waals surface area (Å²) in [6, 6.07) is 0. The van der Waals surface area contributed by atoms with Gasteiger partial charge in [-0.25, -0.2) is 4.57 Å². The average molecular weight is 198 g/mol. The average Bonchev–Trinajstić information content (AvgIpc) is 1.95. The van der Waals surface area contributed by atoms with Crippen molar-refractivity contribution in [3.63, 3.8) is 0 Å². The van der Waals surface area contributed by atoms with Gasteiger partial charge in [-0.05, 0) is 12.3 Å². The van der Waals surface area contributed by atoms with Crippen molar-refractivity contribution < 1.29 is 18.2 Å². The molecule has 2 atom stereocenters. The molecule has 12 heavy (non-hydrogen) atoms. The lowest BCUT2D eigenvalue weighted by Gasteiger charge is -2.10. The molecule has 0 saturated heterocycles. The monoisotopic (exact) mass is 198 g/mol. The standard InChI is InChI=1S/C7H16FO3P/c1-3-4-5-7(2)6-11-12(8,9)10/h7H,3-6H2,1-2H3,(H,9,10). The Labute approximate surface area is 72.6 Å². The van der Waals surface area contributed by atoms with E-state index in [2.05, 4.69) is 11.4 Å². The van der Waals surface area contributed by atoms with Gasteiger partial charge in [0.2, 0.25) is 0 Å². The summed E-state index contributed by atoms with van der Waals surface area (Å²) < 4.78 is 26.2. The van der Waals surface area contributed by atoms with Crippen LogP contribution in [-0.4, -0.2) is 11.5 Å². The number of halogens is 1. The van der Waals surface area contributed by atoms with E-state index in [9.17, 15) is 8.76 Å². The first kappa shape index (κ1) is 12.1. The van der Waals surface area contributed by atoms with Crippen LogP contribution >= 0.6 is 7.91 Å². The lowest BCUT2D eigenvalue weighted by molar-refractivity contribution is 0.191. The predicted molar refractivity (Wildman–Crippen MR) is 45.6 cm³/mol. The second kappa shape index (κ2) is 5.68. The van der Waals surface area contributed by atoms with Gasteiger partial charge in [-0.1, -0.05) is 26.7 Å². The molecule has 0 heterocycles. The highest BCUT2D eigenvalue weighted by molar-refractivity contribution is 7.46. The lowest BCUT2D eigenvalue weighted by Crippen LogP contribution is -2.03. The van der Waals surface area contributed by atoms with Crippen molar-refractivity contribution in [1.29, 1.82) is 0 Å². The fourth-order valence-corrected chi connectivity index (χ4v) is 1.29. The third kappa shape index (κ3) is 8.18. The van der Waals surface area contributed by atoms with E-state index in [4.69, 9.17) is 4.89 Å². The highest BCUT2D eigenvalue weighted by atomic mass is 31.2. The van der Waals surface area contributed by atoms with Crippen molar-refractivity contribution in [1.82, 2.24) is 0 Å². The molecule has 0 aromatic carbocycles. The van der Waals surface area contributed by atoms with Gasteiger partial charge in [-0.3, -0.25) is 9.42 Å². The van der Waals surface area contributed by atoms with Crippen LogP contribution in [0.4, 0.5) is 4.20 Å². The summed E-state index contributed by atoms with van der Waals surface area (Å²) in [5, 5.41) is 0. The van der Waals surface area contributed by atoms with Crippen LogP contribution in [-0.2, 0) is 9.09 Å². The van der Waals surface area contributed by atoms with Crippen LogP contribution in [0.5, 0.6) is 0 Å². The Hall–Kier alpha value is 0.0800. The fourth-order valence-electron chi connectivity index (χ4n) is 0.855. The van der Waals surface area contributed by atoms with Gasteiger partial charge in [0.25, 0.3) is 0 Å². The second-order valence-electron chi connectivity index (χ2n) is 2.99. The summed E-state index contributed by atoms with van der Waals surface area (Å²) in [5.74, 6) is 0.140. The van der Waals surface area contributed by atoms with Crippen LogP contribution in [0.1, 0.15) is 33.1 Å². The van der Waals surface area contributed by atoms with E-state index < -0.39 is 7.91 Å². The van der Waals surface area contributed by atoms with E-state index in [1.54, 1.807) is 0 Å². The lowest BCUT2D eigenvalue weighted by atomic mass is 10.1. The maximum absolute atomic E-state index is 12.0. The van der Waals surface area contributed by atoms with Gasteiger partial charge in [0.1, 0.15) is 0 Å². The number of rotatable bonds is 6. The van der Waals surface area contributed by atoms with Crippen molar-refractivity contribution in [2.24, 2.45) is 5.92 Å². The topological polar surface area (TPSA) is 46.5 Å². The van der Waals surface area contributed by atoms with Crippen LogP contribution in [0.2, 0.25) is 0 Å². The maximum atomic E-state index is 12.0. The van der Waals surface area contributed by atoms with Crippen LogP contribution in [0.25, 0.3) is 0 Å². The van der Waals surface area contributed by atoms with E-state index in [-0.39, 0.29) is 12.5 Å². The molecule has 5 heteroatoms. The molecule has 0 amide bonds. The van der Waals surface area contributed by atoms with E-state index in [0.717, 1.165) is 19.3 Å². The molecule has 0 aliphatic carbocycles. The first-order valence-corrected chi connectivity index (χ1v) is 5.59. The Morgan fingerprint density at radius 1 is 1.67 bits per heavy atom. The summed E-state index contributed by atoms with van der Waals surface area (Å²) >= 11 is 0. The van der Waals surface area contributed by atoms with Crippen molar-refractivity contribution in [3.8, 4) is 0 Å². The molecule has 1 N–H and O–H groups in total. The molecule has 0 fully saturated rings. The summed E-state index contributed by atoms with van der Waals surface area (Å²) in [6.45, 7) is 3.94. The molecule has 0 bridgehead atoms. The summed E-state index contributed by atoms with van der Waals surface area (Å²) in [5.41, 5.74) is 0. The first-order valence-electron chi connectivity index (χ1n) is 4.12. The molecule has 0 spiro atoms. The van der Waals surface area contributed by atoms with Gasteiger partial charge in [0.05, 0.1) is 6.61 Å². The smallest absolute Gasteiger partial charge is 0.299 e. The molecule has 0 aromatic rings. The molecule has 0 radical (unpaired) electrons. The molecule has 0 saturated carbocycles. The maximum Gasteiger partial charge on any atom is 0.510 e. The minimum atomic E-state index is -4.75. The Balaban J connectivity index is 3.44. The van der Waals surface area contributed by atoms with Crippen molar-refractivity contribution >= 4 is 7.91 Å². The van der Waals surface area contributed by atoms with E-state index in [1.807, 2.05) is 6.92 Å². The number of hydrogen-bond acceptors (Lipinski definition) is 2. The Morgan fingerprint density at radius 2 is 2.25 bits per heavy atom. The van der Waals surface area contributed by atoms with Gasteiger partial charge in [0, 0.05) is 0 Å². The third-order valence-corrected chi connectivity index (χ3v) is 2.04. The zero-order chi connectivity index (χ0) is 9.61.